The second-order valence-electron chi connectivity index (χ2n) is 5.25. The molecule has 3 rings (SSSR count). The minimum atomic E-state index is -0.204. The van der Waals surface area contributed by atoms with Gasteiger partial charge in [-0.15, -0.1) is 0 Å². The van der Waals surface area contributed by atoms with Crippen LogP contribution in [0.2, 0.25) is 5.02 Å². The number of aryl methyl sites for hydroxylation is 1. The first-order valence-electron chi connectivity index (χ1n) is 7.17. The summed E-state index contributed by atoms with van der Waals surface area (Å²) in [6, 6.07) is 7.83. The van der Waals surface area contributed by atoms with Crippen molar-refractivity contribution in [2.24, 2.45) is 5.92 Å². The van der Waals surface area contributed by atoms with E-state index in [2.05, 4.69) is 5.10 Å². The molecule has 1 atom stereocenters. The van der Waals surface area contributed by atoms with Crippen molar-refractivity contribution in [1.82, 2.24) is 9.78 Å². The number of hydrogen-bond donors (Lipinski definition) is 0. The summed E-state index contributed by atoms with van der Waals surface area (Å²) in [5, 5.41) is 4.61. The number of nitrogens with zero attached hydrogens (tertiary/aromatic N) is 2. The Labute approximate surface area is 128 Å². The molecule has 0 saturated heterocycles. The lowest BCUT2D eigenvalue weighted by atomic mass is 9.91. The second kappa shape index (κ2) is 5.90. The highest BCUT2D eigenvalue weighted by molar-refractivity contribution is 6.33. The van der Waals surface area contributed by atoms with E-state index in [0.717, 1.165) is 17.7 Å². The molecule has 1 aromatic heterocycles. The highest BCUT2D eigenvalue weighted by Gasteiger charge is 2.30. The van der Waals surface area contributed by atoms with Gasteiger partial charge in [0, 0.05) is 6.54 Å². The third-order valence-electron chi connectivity index (χ3n) is 3.71. The maximum atomic E-state index is 12.8. The van der Waals surface area contributed by atoms with Gasteiger partial charge in [0.15, 0.2) is 5.78 Å². The van der Waals surface area contributed by atoms with Gasteiger partial charge in [-0.1, -0.05) is 36.7 Å². The first-order chi connectivity index (χ1) is 10.2. The third-order valence-corrected chi connectivity index (χ3v) is 3.99. The van der Waals surface area contributed by atoms with Crippen molar-refractivity contribution in [3.05, 3.63) is 46.7 Å². The Kier molecular flexibility index (Phi) is 3.97. The summed E-state index contributed by atoms with van der Waals surface area (Å²) in [4.78, 5) is 12.8. The van der Waals surface area contributed by atoms with Crippen LogP contribution in [0.15, 0.2) is 30.5 Å². The van der Waals surface area contributed by atoms with E-state index in [-0.39, 0.29) is 11.7 Å². The highest BCUT2D eigenvalue weighted by atomic mass is 35.5. The number of ketones is 1. The fraction of sp³-hybridized carbons (Fsp3) is 0.375. The molecule has 5 heteroatoms. The predicted octanol–water partition coefficient (Wildman–Crippen LogP) is 3.38. The molecule has 0 saturated carbocycles. The summed E-state index contributed by atoms with van der Waals surface area (Å²) in [5.41, 5.74) is 1.58. The van der Waals surface area contributed by atoms with Gasteiger partial charge in [0.1, 0.15) is 11.4 Å². The molecule has 1 aliphatic rings. The quantitative estimate of drug-likeness (QED) is 0.813. The molecular weight excluding hydrogens is 288 g/mol. The van der Waals surface area contributed by atoms with Crippen LogP contribution in [0.1, 0.15) is 29.4 Å². The molecular formula is C16H17ClN2O2. The average Bonchev–Trinajstić information content (AvgIpc) is 2.87. The summed E-state index contributed by atoms with van der Waals surface area (Å²) in [7, 11) is 0. The van der Waals surface area contributed by atoms with Gasteiger partial charge in [-0.2, -0.15) is 5.10 Å². The van der Waals surface area contributed by atoms with Crippen LogP contribution in [0.3, 0.4) is 0 Å². The molecule has 0 radical (unpaired) electrons. The van der Waals surface area contributed by atoms with Gasteiger partial charge in [0.2, 0.25) is 0 Å². The molecule has 0 amide bonds. The largest absolute Gasteiger partial charge is 0.493 e. The Balaban J connectivity index is 1.85. The van der Waals surface area contributed by atoms with Gasteiger partial charge in [-0.05, 0) is 24.5 Å². The highest BCUT2D eigenvalue weighted by Crippen LogP contribution is 2.30. The van der Waals surface area contributed by atoms with Crippen LogP contribution in [0, 0.1) is 5.92 Å². The molecule has 2 aromatic rings. The Morgan fingerprint density at radius 3 is 3.10 bits per heavy atom. The molecule has 1 unspecified atom stereocenters. The summed E-state index contributed by atoms with van der Waals surface area (Å²) >= 11 is 6.15. The second-order valence-corrected chi connectivity index (χ2v) is 5.66. The van der Waals surface area contributed by atoms with Crippen LogP contribution in [0.4, 0.5) is 0 Å². The number of ether oxygens (including phenoxy) is 1. The van der Waals surface area contributed by atoms with E-state index < -0.39 is 0 Å². The SMILES string of the molecule is CCCn1ncc(Cl)c1C(=O)C1COc2ccccc2C1. The molecule has 0 aliphatic carbocycles. The Morgan fingerprint density at radius 2 is 2.29 bits per heavy atom. The first kappa shape index (κ1) is 14.1. The fourth-order valence-corrected chi connectivity index (χ4v) is 2.91. The topological polar surface area (TPSA) is 44.1 Å². The lowest BCUT2D eigenvalue weighted by Crippen LogP contribution is -2.30. The lowest BCUT2D eigenvalue weighted by Gasteiger charge is -2.24. The molecule has 0 fully saturated rings. The zero-order chi connectivity index (χ0) is 14.8. The van der Waals surface area contributed by atoms with Crippen molar-refractivity contribution in [2.45, 2.75) is 26.3 Å². The minimum Gasteiger partial charge on any atom is -0.493 e. The van der Waals surface area contributed by atoms with Crippen molar-refractivity contribution in [2.75, 3.05) is 6.61 Å². The van der Waals surface area contributed by atoms with Crippen molar-refractivity contribution < 1.29 is 9.53 Å². The van der Waals surface area contributed by atoms with Crippen molar-refractivity contribution in [3.63, 3.8) is 0 Å². The summed E-state index contributed by atoms with van der Waals surface area (Å²) < 4.78 is 7.40. The summed E-state index contributed by atoms with van der Waals surface area (Å²) in [6.07, 6.45) is 3.13. The normalized spacial score (nSPS) is 17.1. The maximum Gasteiger partial charge on any atom is 0.189 e. The molecule has 0 spiro atoms. The standard InChI is InChI=1S/C16H17ClN2O2/c1-2-7-19-15(13(17)9-18-19)16(20)12-8-11-5-3-4-6-14(11)21-10-12/h3-6,9,12H,2,7-8,10H2,1H3. The van der Waals surface area contributed by atoms with Gasteiger partial charge >= 0.3 is 0 Å². The van der Waals surface area contributed by atoms with E-state index in [4.69, 9.17) is 16.3 Å². The molecule has 0 N–H and O–H groups in total. The third kappa shape index (κ3) is 2.68. The number of rotatable bonds is 4. The molecule has 1 aromatic carbocycles. The molecule has 1 aliphatic heterocycles. The van der Waals surface area contributed by atoms with Crippen LogP contribution in [0.25, 0.3) is 0 Å². The number of aromatic nitrogens is 2. The maximum absolute atomic E-state index is 12.8. The zero-order valence-electron chi connectivity index (χ0n) is 11.9. The van der Waals surface area contributed by atoms with Crippen LogP contribution in [-0.4, -0.2) is 22.2 Å². The van der Waals surface area contributed by atoms with Crippen molar-refractivity contribution in [3.8, 4) is 5.75 Å². The summed E-state index contributed by atoms with van der Waals surface area (Å²) in [5.74, 6) is 0.680. The number of halogens is 1. The number of benzene rings is 1. The van der Waals surface area contributed by atoms with E-state index in [1.54, 1.807) is 10.9 Å². The number of carbonyl (C=O) groups is 1. The van der Waals surface area contributed by atoms with E-state index in [0.29, 0.717) is 30.3 Å². The van der Waals surface area contributed by atoms with Gasteiger partial charge in [0.05, 0.1) is 23.7 Å². The molecule has 0 bridgehead atoms. The molecule has 2 heterocycles. The van der Waals surface area contributed by atoms with Gasteiger partial charge < -0.3 is 4.74 Å². The van der Waals surface area contributed by atoms with Gasteiger partial charge in [0.25, 0.3) is 0 Å². The van der Waals surface area contributed by atoms with E-state index >= 15 is 0 Å². The Bertz CT molecular complexity index is 666. The predicted molar refractivity (Wildman–Crippen MR) is 81.0 cm³/mol. The van der Waals surface area contributed by atoms with Crippen LogP contribution < -0.4 is 4.74 Å². The Hall–Kier alpha value is -1.81. The zero-order valence-corrected chi connectivity index (χ0v) is 12.6. The van der Waals surface area contributed by atoms with E-state index in [1.807, 2.05) is 31.2 Å². The van der Waals surface area contributed by atoms with Crippen molar-refractivity contribution >= 4 is 17.4 Å². The fourth-order valence-electron chi connectivity index (χ4n) is 2.68. The minimum absolute atomic E-state index is 0.0143. The first-order valence-corrected chi connectivity index (χ1v) is 7.54. The van der Waals surface area contributed by atoms with Crippen LogP contribution in [0.5, 0.6) is 5.75 Å². The number of hydrogen-bond acceptors (Lipinski definition) is 3. The lowest BCUT2D eigenvalue weighted by molar-refractivity contribution is 0.0844. The number of para-hydroxylation sites is 1. The average molecular weight is 305 g/mol. The number of Topliss-reactive ketones (excluding diaryl/α,β-unsaturated/α-hetero) is 1. The smallest absolute Gasteiger partial charge is 0.189 e. The van der Waals surface area contributed by atoms with Crippen molar-refractivity contribution in [1.29, 1.82) is 0 Å². The van der Waals surface area contributed by atoms with Gasteiger partial charge in [-0.3, -0.25) is 9.48 Å². The van der Waals surface area contributed by atoms with Crippen LogP contribution >= 0.6 is 11.6 Å². The number of fused-ring (bicyclic) bond motifs is 1. The van der Waals surface area contributed by atoms with Gasteiger partial charge in [-0.25, -0.2) is 0 Å². The van der Waals surface area contributed by atoms with Crippen LogP contribution in [-0.2, 0) is 13.0 Å². The summed E-state index contributed by atoms with van der Waals surface area (Å²) in [6.45, 7) is 3.13. The van der Waals surface area contributed by atoms with E-state index in [1.165, 1.54) is 0 Å². The molecule has 110 valence electrons. The molecule has 21 heavy (non-hydrogen) atoms. The van der Waals surface area contributed by atoms with E-state index in [9.17, 15) is 4.79 Å². The Morgan fingerprint density at radius 1 is 1.48 bits per heavy atom. The molecule has 4 nitrogen and oxygen atoms in total. The monoisotopic (exact) mass is 304 g/mol. The number of carbonyl (C=O) groups excluding carboxylic acids is 1.